The summed E-state index contributed by atoms with van der Waals surface area (Å²) >= 11 is 0. The van der Waals surface area contributed by atoms with Crippen LogP contribution in [0.15, 0.2) is 0 Å². The van der Waals surface area contributed by atoms with Gasteiger partial charge in [-0.05, 0) is 12.3 Å². The number of carboxylic acids is 1. The van der Waals surface area contributed by atoms with Gasteiger partial charge in [0.2, 0.25) is 0 Å². The summed E-state index contributed by atoms with van der Waals surface area (Å²) in [5, 5.41) is 8.52. The molecule has 0 spiro atoms. The maximum atomic E-state index is 10.3. The average molecular weight is 483 g/mol. The number of hydrogen-bond donors (Lipinski definition) is 1. The zero-order valence-electron chi connectivity index (χ0n) is 24.3. The van der Waals surface area contributed by atoms with Crippen LogP contribution in [0.3, 0.4) is 0 Å². The normalized spacial score (nSPS) is 11.0. The molecule has 0 aliphatic rings. The van der Waals surface area contributed by atoms with Crippen molar-refractivity contribution >= 4 is 5.97 Å². The summed E-state index contributed by atoms with van der Waals surface area (Å²) < 4.78 is 0. The summed E-state index contributed by atoms with van der Waals surface area (Å²) in [5.41, 5.74) is 0. The number of carbonyl (C=O) groups is 1. The van der Waals surface area contributed by atoms with E-state index >= 15 is 0 Å². The molecule has 0 radical (unpaired) electrons. The van der Waals surface area contributed by atoms with Crippen LogP contribution in [0.25, 0.3) is 0 Å². The Hall–Kier alpha value is -0.530. The van der Waals surface area contributed by atoms with Crippen LogP contribution in [0.1, 0.15) is 195 Å². The van der Waals surface area contributed by atoms with Gasteiger partial charge in [-0.25, -0.2) is 0 Å². The van der Waals surface area contributed by atoms with E-state index in [0.717, 1.165) is 18.8 Å². The lowest BCUT2D eigenvalue weighted by Gasteiger charge is -2.04. The molecule has 0 aromatic heterocycles. The Labute approximate surface area is 216 Å². The Morgan fingerprint density at radius 3 is 1.00 bits per heavy atom. The van der Waals surface area contributed by atoms with Crippen molar-refractivity contribution in [1.82, 2.24) is 0 Å². The van der Waals surface area contributed by atoms with Crippen LogP contribution in [0.5, 0.6) is 0 Å². The highest BCUT2D eigenvalue weighted by Crippen LogP contribution is 2.14. The topological polar surface area (TPSA) is 37.3 Å². The SMILES string of the molecule is CC(C)CCCCCCCCCCCCCCC(=O)O.CCCCCCCCCCCCCC. The van der Waals surface area contributed by atoms with E-state index in [0.29, 0.717) is 6.42 Å². The summed E-state index contributed by atoms with van der Waals surface area (Å²) in [6, 6.07) is 0. The maximum Gasteiger partial charge on any atom is 0.303 e. The van der Waals surface area contributed by atoms with Gasteiger partial charge in [0.1, 0.15) is 0 Å². The van der Waals surface area contributed by atoms with Crippen molar-refractivity contribution < 1.29 is 9.90 Å². The first-order chi connectivity index (χ1) is 16.5. The van der Waals surface area contributed by atoms with Crippen molar-refractivity contribution in [3.8, 4) is 0 Å². The van der Waals surface area contributed by atoms with Gasteiger partial charge >= 0.3 is 5.97 Å². The molecule has 0 saturated heterocycles. The van der Waals surface area contributed by atoms with Crippen LogP contribution in [-0.2, 0) is 4.79 Å². The molecule has 1 N–H and O–H groups in total. The predicted molar refractivity (Wildman–Crippen MR) is 154 cm³/mol. The molecule has 0 fully saturated rings. The lowest BCUT2D eigenvalue weighted by molar-refractivity contribution is -0.137. The second-order valence-corrected chi connectivity index (χ2v) is 11.1. The van der Waals surface area contributed by atoms with Crippen molar-refractivity contribution in [2.75, 3.05) is 0 Å². The molecule has 206 valence electrons. The third-order valence-corrected chi connectivity index (χ3v) is 6.88. The summed E-state index contributed by atoms with van der Waals surface area (Å²) in [6.45, 7) is 9.19. The van der Waals surface area contributed by atoms with E-state index in [9.17, 15) is 4.79 Å². The zero-order valence-corrected chi connectivity index (χ0v) is 24.3. The Morgan fingerprint density at radius 2 is 0.735 bits per heavy atom. The lowest BCUT2D eigenvalue weighted by atomic mass is 10.0. The maximum absolute atomic E-state index is 10.3. The standard InChI is InChI=1S/C18H36O2.C14H30/c1-17(2)15-13-11-9-7-5-3-4-6-8-10-12-14-16-18(19)20;1-3-5-7-9-11-13-14-12-10-8-6-4-2/h17H,3-16H2,1-2H3,(H,19,20);3-14H2,1-2H3. The van der Waals surface area contributed by atoms with Crippen molar-refractivity contribution in [2.45, 2.75) is 195 Å². The van der Waals surface area contributed by atoms with Gasteiger partial charge < -0.3 is 5.11 Å². The molecule has 0 aliphatic carbocycles. The fourth-order valence-electron chi connectivity index (χ4n) is 4.51. The smallest absolute Gasteiger partial charge is 0.303 e. The van der Waals surface area contributed by atoms with Crippen LogP contribution in [-0.4, -0.2) is 11.1 Å². The molecule has 2 nitrogen and oxygen atoms in total. The molecule has 34 heavy (non-hydrogen) atoms. The first-order valence-electron chi connectivity index (χ1n) is 15.8. The Kier molecular flexibility index (Phi) is 34.0. The Bertz CT molecular complexity index is 352. The molecule has 0 atom stereocenters. The summed E-state index contributed by atoms with van der Waals surface area (Å²) in [6.07, 6.45) is 34.8. The van der Waals surface area contributed by atoms with Gasteiger partial charge in [-0.2, -0.15) is 0 Å². The van der Waals surface area contributed by atoms with Gasteiger partial charge in [0, 0.05) is 6.42 Å². The molecule has 0 unspecified atom stereocenters. The van der Waals surface area contributed by atoms with Crippen molar-refractivity contribution in [3.63, 3.8) is 0 Å². The van der Waals surface area contributed by atoms with Crippen LogP contribution in [0, 0.1) is 5.92 Å². The molecule has 0 heterocycles. The second-order valence-electron chi connectivity index (χ2n) is 11.1. The fraction of sp³-hybridized carbons (Fsp3) is 0.969. The molecule has 0 aliphatic heterocycles. The minimum absolute atomic E-state index is 0.344. The van der Waals surface area contributed by atoms with Gasteiger partial charge in [-0.15, -0.1) is 0 Å². The molecular weight excluding hydrogens is 416 g/mol. The van der Waals surface area contributed by atoms with E-state index < -0.39 is 5.97 Å². The number of hydrogen-bond acceptors (Lipinski definition) is 1. The van der Waals surface area contributed by atoms with Gasteiger partial charge in [0.15, 0.2) is 0 Å². The molecule has 2 heteroatoms. The number of unbranched alkanes of at least 4 members (excludes halogenated alkanes) is 22. The monoisotopic (exact) mass is 483 g/mol. The van der Waals surface area contributed by atoms with Crippen LogP contribution < -0.4 is 0 Å². The first-order valence-corrected chi connectivity index (χ1v) is 15.8. The summed E-state index contributed by atoms with van der Waals surface area (Å²) in [5.74, 6) is 0.212. The molecule has 0 bridgehead atoms. The lowest BCUT2D eigenvalue weighted by Crippen LogP contribution is -1.93. The van der Waals surface area contributed by atoms with Crippen LogP contribution >= 0.6 is 0 Å². The largest absolute Gasteiger partial charge is 0.481 e. The van der Waals surface area contributed by atoms with Crippen molar-refractivity contribution in [1.29, 1.82) is 0 Å². The molecule has 0 saturated carbocycles. The minimum atomic E-state index is -0.654. The highest BCUT2D eigenvalue weighted by Gasteiger charge is 1.97. The highest BCUT2D eigenvalue weighted by molar-refractivity contribution is 5.66. The third kappa shape index (κ3) is 38.7. The summed E-state index contributed by atoms with van der Waals surface area (Å²) in [7, 11) is 0. The first kappa shape index (κ1) is 35.6. The Morgan fingerprint density at radius 1 is 0.471 bits per heavy atom. The molecule has 0 aromatic rings. The number of rotatable bonds is 26. The van der Waals surface area contributed by atoms with Crippen LogP contribution in [0.4, 0.5) is 0 Å². The molecule has 0 amide bonds. The second kappa shape index (κ2) is 32.5. The van der Waals surface area contributed by atoms with E-state index in [2.05, 4.69) is 27.7 Å². The van der Waals surface area contributed by atoms with Gasteiger partial charge in [0.05, 0.1) is 0 Å². The van der Waals surface area contributed by atoms with E-state index in [1.807, 2.05) is 0 Å². The van der Waals surface area contributed by atoms with Gasteiger partial charge in [-0.1, -0.05) is 182 Å². The van der Waals surface area contributed by atoms with Gasteiger partial charge in [0.25, 0.3) is 0 Å². The average Bonchev–Trinajstić information content (AvgIpc) is 2.80. The number of aliphatic carboxylic acids is 1. The van der Waals surface area contributed by atoms with Crippen molar-refractivity contribution in [3.05, 3.63) is 0 Å². The molecule has 0 aromatic carbocycles. The Balaban J connectivity index is 0. The van der Waals surface area contributed by atoms with E-state index in [1.165, 1.54) is 148 Å². The quantitative estimate of drug-likeness (QED) is 0.124. The van der Waals surface area contributed by atoms with Crippen molar-refractivity contribution in [2.24, 2.45) is 5.92 Å². The van der Waals surface area contributed by atoms with Crippen LogP contribution in [0.2, 0.25) is 0 Å². The fourth-order valence-corrected chi connectivity index (χ4v) is 4.51. The molecule has 0 rings (SSSR count). The third-order valence-electron chi connectivity index (χ3n) is 6.88. The van der Waals surface area contributed by atoms with Gasteiger partial charge in [-0.3, -0.25) is 4.79 Å². The zero-order chi connectivity index (χ0) is 25.5. The number of carboxylic acid groups (broad SMARTS) is 1. The van der Waals surface area contributed by atoms with E-state index in [4.69, 9.17) is 5.11 Å². The van der Waals surface area contributed by atoms with E-state index in [-0.39, 0.29) is 0 Å². The van der Waals surface area contributed by atoms with E-state index in [1.54, 1.807) is 0 Å². The predicted octanol–water partition coefficient (Wildman–Crippen LogP) is 11.9. The minimum Gasteiger partial charge on any atom is -0.481 e. The molecular formula is C32H66O2. The highest BCUT2D eigenvalue weighted by atomic mass is 16.4. The summed E-state index contributed by atoms with van der Waals surface area (Å²) in [4.78, 5) is 10.3.